The first-order chi connectivity index (χ1) is 9.29. The van der Waals surface area contributed by atoms with Crippen LogP contribution in [0.15, 0.2) is 0 Å². The van der Waals surface area contributed by atoms with Gasteiger partial charge in [-0.25, -0.2) is 0 Å². The molecule has 0 saturated carbocycles. The molecule has 0 spiro atoms. The van der Waals surface area contributed by atoms with Crippen LogP contribution in [0.5, 0.6) is 5.75 Å². The number of hydrogen-bond donors (Lipinski definition) is 1. The lowest BCUT2D eigenvalue weighted by atomic mass is 10.00. The molecule has 19 heavy (non-hydrogen) atoms. The molecular formula is C13H22N4OS. The molecule has 6 heteroatoms. The molecule has 3 heterocycles. The quantitative estimate of drug-likeness (QED) is 0.916. The minimum Gasteiger partial charge on any atom is -0.487 e. The summed E-state index contributed by atoms with van der Waals surface area (Å²) in [6.07, 6.45) is 4.03. The van der Waals surface area contributed by atoms with Gasteiger partial charge in [0.05, 0.1) is 6.61 Å². The molecule has 0 radical (unpaired) electrons. The van der Waals surface area contributed by atoms with E-state index >= 15 is 0 Å². The van der Waals surface area contributed by atoms with Gasteiger partial charge in [-0.15, -0.1) is 0 Å². The highest BCUT2D eigenvalue weighted by molar-refractivity contribution is 7.11. The van der Waals surface area contributed by atoms with Crippen LogP contribution in [0.25, 0.3) is 0 Å². The van der Waals surface area contributed by atoms with E-state index in [2.05, 4.69) is 14.2 Å². The maximum atomic E-state index is 5.90. The molecule has 1 aromatic heterocycles. The average Bonchev–Trinajstić information content (AvgIpc) is 2.80. The third-order valence-electron chi connectivity index (χ3n) is 4.07. The Morgan fingerprint density at radius 3 is 3.11 bits per heavy atom. The lowest BCUT2D eigenvalue weighted by Gasteiger charge is -2.44. The van der Waals surface area contributed by atoms with Gasteiger partial charge in [-0.2, -0.15) is 4.37 Å². The lowest BCUT2D eigenvalue weighted by Crippen LogP contribution is -2.54. The molecule has 0 bridgehead atoms. The number of nitrogens with two attached hydrogens (primary N) is 1. The van der Waals surface area contributed by atoms with Gasteiger partial charge in [0.15, 0.2) is 16.6 Å². The first-order valence-electron chi connectivity index (χ1n) is 7.16. The molecule has 2 aliphatic rings. The van der Waals surface area contributed by atoms with Crippen LogP contribution in [0.3, 0.4) is 0 Å². The Morgan fingerprint density at radius 2 is 2.26 bits per heavy atom. The largest absolute Gasteiger partial charge is 0.487 e. The fourth-order valence-electron chi connectivity index (χ4n) is 3.11. The van der Waals surface area contributed by atoms with Crippen LogP contribution < -0.4 is 15.4 Å². The van der Waals surface area contributed by atoms with E-state index in [1.807, 2.05) is 6.92 Å². The van der Waals surface area contributed by atoms with Gasteiger partial charge in [0.25, 0.3) is 0 Å². The molecule has 0 amide bonds. The molecule has 2 saturated heterocycles. The standard InChI is InChI=1S/C13H22N4OS/c1-2-18-11-12(14)15-19-13(11)17-8-7-16-6-4-3-5-10(16)9-17/h10H,2-9H2,1H3,(H2,14,15). The normalized spacial score (nSPS) is 24.3. The van der Waals surface area contributed by atoms with Gasteiger partial charge in [0.2, 0.25) is 0 Å². The van der Waals surface area contributed by atoms with Crippen LogP contribution in [0.1, 0.15) is 26.2 Å². The van der Waals surface area contributed by atoms with Crippen molar-refractivity contribution in [2.75, 3.05) is 43.4 Å². The van der Waals surface area contributed by atoms with E-state index in [4.69, 9.17) is 10.5 Å². The number of nitrogens with zero attached hydrogens (tertiary/aromatic N) is 3. The van der Waals surface area contributed by atoms with Crippen molar-refractivity contribution < 1.29 is 4.74 Å². The van der Waals surface area contributed by atoms with Gasteiger partial charge in [-0.05, 0) is 37.8 Å². The number of anilines is 2. The SMILES string of the molecule is CCOc1c(N)nsc1N1CCN2CCCCC2C1. The van der Waals surface area contributed by atoms with Crippen molar-refractivity contribution in [2.24, 2.45) is 0 Å². The summed E-state index contributed by atoms with van der Waals surface area (Å²) in [7, 11) is 0. The molecule has 1 atom stereocenters. The van der Waals surface area contributed by atoms with Crippen LogP contribution in [0.2, 0.25) is 0 Å². The Hall–Kier alpha value is -1.01. The van der Waals surface area contributed by atoms with E-state index in [-0.39, 0.29) is 0 Å². The fraction of sp³-hybridized carbons (Fsp3) is 0.769. The van der Waals surface area contributed by atoms with Crippen LogP contribution in [-0.2, 0) is 0 Å². The van der Waals surface area contributed by atoms with Crippen molar-refractivity contribution in [1.29, 1.82) is 0 Å². The molecule has 1 unspecified atom stereocenters. The molecule has 5 nitrogen and oxygen atoms in total. The van der Waals surface area contributed by atoms with Crippen molar-refractivity contribution in [1.82, 2.24) is 9.27 Å². The Labute approximate surface area is 118 Å². The molecule has 1 aromatic rings. The Balaban J connectivity index is 1.75. The number of ether oxygens (including phenoxy) is 1. The van der Waals surface area contributed by atoms with Gasteiger partial charge in [-0.3, -0.25) is 4.90 Å². The van der Waals surface area contributed by atoms with Crippen LogP contribution in [-0.4, -0.2) is 48.1 Å². The van der Waals surface area contributed by atoms with E-state index in [1.165, 1.54) is 37.3 Å². The van der Waals surface area contributed by atoms with Gasteiger partial charge >= 0.3 is 0 Å². The molecule has 2 aliphatic heterocycles. The zero-order valence-corrected chi connectivity index (χ0v) is 12.3. The summed E-state index contributed by atoms with van der Waals surface area (Å²) in [5.74, 6) is 1.32. The summed E-state index contributed by atoms with van der Waals surface area (Å²) in [4.78, 5) is 5.04. The maximum Gasteiger partial charge on any atom is 0.197 e. The number of nitrogen functional groups attached to an aromatic ring is 1. The van der Waals surface area contributed by atoms with E-state index < -0.39 is 0 Å². The molecule has 2 fully saturated rings. The predicted molar refractivity (Wildman–Crippen MR) is 79.1 cm³/mol. The van der Waals surface area contributed by atoms with Gasteiger partial charge < -0.3 is 15.4 Å². The first-order valence-corrected chi connectivity index (χ1v) is 7.94. The van der Waals surface area contributed by atoms with Crippen LogP contribution in [0.4, 0.5) is 10.8 Å². The average molecular weight is 282 g/mol. The summed E-state index contributed by atoms with van der Waals surface area (Å²) in [5, 5.41) is 1.12. The number of rotatable bonds is 3. The zero-order valence-electron chi connectivity index (χ0n) is 11.5. The highest BCUT2D eigenvalue weighted by Gasteiger charge is 2.31. The smallest absolute Gasteiger partial charge is 0.197 e. The zero-order chi connectivity index (χ0) is 13.2. The summed E-state index contributed by atoms with van der Waals surface area (Å²) in [5.41, 5.74) is 5.90. The second kappa shape index (κ2) is 5.54. The Morgan fingerprint density at radius 1 is 1.37 bits per heavy atom. The van der Waals surface area contributed by atoms with E-state index in [0.29, 0.717) is 18.5 Å². The third kappa shape index (κ3) is 2.51. The van der Waals surface area contributed by atoms with Gasteiger partial charge in [0.1, 0.15) is 0 Å². The second-order valence-electron chi connectivity index (χ2n) is 5.27. The Bertz CT molecular complexity index is 436. The third-order valence-corrected chi connectivity index (χ3v) is 4.98. The number of fused-ring (bicyclic) bond motifs is 1. The second-order valence-corrected chi connectivity index (χ2v) is 6.02. The number of aromatic nitrogens is 1. The highest BCUT2D eigenvalue weighted by atomic mass is 32.1. The summed E-state index contributed by atoms with van der Waals surface area (Å²) < 4.78 is 9.92. The summed E-state index contributed by atoms with van der Waals surface area (Å²) in [6.45, 7) is 7.18. The monoisotopic (exact) mass is 282 g/mol. The predicted octanol–water partition coefficient (Wildman–Crippen LogP) is 1.80. The minimum absolute atomic E-state index is 0.535. The summed E-state index contributed by atoms with van der Waals surface area (Å²) >= 11 is 1.47. The number of piperidine rings is 1. The highest BCUT2D eigenvalue weighted by Crippen LogP contribution is 2.39. The Kier molecular flexibility index (Phi) is 3.79. The van der Waals surface area contributed by atoms with Crippen molar-refractivity contribution in [3.05, 3.63) is 0 Å². The molecule has 0 aliphatic carbocycles. The van der Waals surface area contributed by atoms with Crippen molar-refractivity contribution in [2.45, 2.75) is 32.2 Å². The van der Waals surface area contributed by atoms with Crippen molar-refractivity contribution >= 4 is 22.4 Å². The van der Waals surface area contributed by atoms with Crippen molar-refractivity contribution in [3.63, 3.8) is 0 Å². The van der Waals surface area contributed by atoms with Gasteiger partial charge in [0, 0.05) is 25.7 Å². The molecule has 2 N–H and O–H groups in total. The molecule has 3 rings (SSSR count). The van der Waals surface area contributed by atoms with E-state index in [0.717, 1.165) is 30.4 Å². The molecule has 0 aromatic carbocycles. The maximum absolute atomic E-state index is 5.90. The lowest BCUT2D eigenvalue weighted by molar-refractivity contribution is 0.133. The van der Waals surface area contributed by atoms with Crippen LogP contribution in [0, 0.1) is 0 Å². The topological polar surface area (TPSA) is 54.6 Å². The van der Waals surface area contributed by atoms with E-state index in [1.54, 1.807) is 0 Å². The van der Waals surface area contributed by atoms with Gasteiger partial charge in [-0.1, -0.05) is 6.42 Å². The number of piperazine rings is 1. The van der Waals surface area contributed by atoms with E-state index in [9.17, 15) is 0 Å². The molecule has 106 valence electrons. The van der Waals surface area contributed by atoms with Crippen LogP contribution >= 0.6 is 11.5 Å². The first kappa shape index (κ1) is 13.0. The van der Waals surface area contributed by atoms with Crippen molar-refractivity contribution in [3.8, 4) is 5.75 Å². The summed E-state index contributed by atoms with van der Waals surface area (Å²) in [6, 6.07) is 0.695. The minimum atomic E-state index is 0.535. The molecular weight excluding hydrogens is 260 g/mol. The number of hydrogen-bond acceptors (Lipinski definition) is 6. The fourth-order valence-corrected chi connectivity index (χ4v) is 3.90.